The molecular formula is C23H28N3O+. The van der Waals surface area contributed by atoms with Crippen LogP contribution in [-0.4, -0.2) is 43.0 Å². The average molecular weight is 362 g/mol. The number of hydrogen-bond donors (Lipinski definition) is 2. The first kappa shape index (κ1) is 17.8. The van der Waals surface area contributed by atoms with Crippen LogP contribution in [0.4, 0.5) is 5.69 Å². The second kappa shape index (κ2) is 7.20. The van der Waals surface area contributed by atoms with Crippen molar-refractivity contribution >= 4 is 22.4 Å². The fourth-order valence-corrected chi connectivity index (χ4v) is 4.29. The molecule has 2 aromatic carbocycles. The van der Waals surface area contributed by atoms with Gasteiger partial charge in [0.2, 0.25) is 5.78 Å². The lowest BCUT2D eigenvalue weighted by molar-refractivity contribution is -0.914. The third-order valence-corrected chi connectivity index (χ3v) is 5.92. The van der Waals surface area contributed by atoms with Crippen molar-refractivity contribution in [1.82, 2.24) is 4.98 Å². The molecule has 4 nitrogen and oxygen atoms in total. The highest BCUT2D eigenvalue weighted by molar-refractivity contribution is 6.11. The van der Waals surface area contributed by atoms with Gasteiger partial charge >= 0.3 is 0 Å². The lowest BCUT2D eigenvalue weighted by atomic mass is 9.99. The van der Waals surface area contributed by atoms with E-state index in [2.05, 4.69) is 72.3 Å². The molecule has 0 amide bonds. The summed E-state index contributed by atoms with van der Waals surface area (Å²) in [7, 11) is 0. The van der Waals surface area contributed by atoms with Gasteiger partial charge in [-0.15, -0.1) is 0 Å². The van der Waals surface area contributed by atoms with Gasteiger partial charge in [-0.25, -0.2) is 0 Å². The SMILES string of the molecule is Cc1ccc2c(C(=O)[C@@H](C)[NH+]3CCN(c4ccccc4)CC3)c(C)[nH]c2c1. The molecule has 4 rings (SSSR count). The second-order valence-electron chi connectivity index (χ2n) is 7.74. The summed E-state index contributed by atoms with van der Waals surface area (Å²) >= 11 is 0. The molecular weight excluding hydrogens is 334 g/mol. The minimum atomic E-state index is -0.0260. The van der Waals surface area contributed by atoms with E-state index in [0.29, 0.717) is 0 Å². The van der Waals surface area contributed by atoms with Crippen molar-refractivity contribution in [1.29, 1.82) is 0 Å². The van der Waals surface area contributed by atoms with Gasteiger partial charge < -0.3 is 14.8 Å². The highest BCUT2D eigenvalue weighted by atomic mass is 16.1. The summed E-state index contributed by atoms with van der Waals surface area (Å²) in [4.78, 5) is 20.5. The van der Waals surface area contributed by atoms with Gasteiger partial charge in [0.05, 0.1) is 31.7 Å². The van der Waals surface area contributed by atoms with Crippen molar-refractivity contribution in [2.24, 2.45) is 0 Å². The van der Waals surface area contributed by atoms with Gasteiger partial charge in [-0.05, 0) is 44.5 Å². The van der Waals surface area contributed by atoms with Crippen molar-refractivity contribution in [2.75, 3.05) is 31.1 Å². The minimum absolute atomic E-state index is 0.0260. The second-order valence-corrected chi connectivity index (χ2v) is 7.74. The van der Waals surface area contributed by atoms with Crippen molar-refractivity contribution in [3.63, 3.8) is 0 Å². The van der Waals surface area contributed by atoms with Gasteiger partial charge in [-0.2, -0.15) is 0 Å². The Bertz CT molecular complexity index is 952. The number of para-hydroxylation sites is 1. The molecule has 27 heavy (non-hydrogen) atoms. The number of nitrogens with one attached hydrogen (secondary N) is 2. The van der Waals surface area contributed by atoms with E-state index in [1.54, 1.807) is 0 Å². The highest BCUT2D eigenvalue weighted by Gasteiger charge is 2.32. The number of ketones is 1. The number of aryl methyl sites for hydroxylation is 2. The molecule has 0 unspecified atom stereocenters. The summed E-state index contributed by atoms with van der Waals surface area (Å²) in [6.07, 6.45) is 0. The lowest BCUT2D eigenvalue weighted by Gasteiger charge is -2.36. The number of anilines is 1. The Morgan fingerprint density at radius 2 is 1.78 bits per heavy atom. The number of benzene rings is 2. The molecule has 0 bridgehead atoms. The first-order chi connectivity index (χ1) is 13.0. The van der Waals surface area contributed by atoms with E-state index in [0.717, 1.165) is 48.3 Å². The summed E-state index contributed by atoms with van der Waals surface area (Å²) in [5.74, 6) is 0.255. The highest BCUT2D eigenvalue weighted by Crippen LogP contribution is 2.24. The zero-order valence-corrected chi connectivity index (χ0v) is 16.4. The van der Waals surface area contributed by atoms with Gasteiger partial charge in [0.1, 0.15) is 6.04 Å². The minimum Gasteiger partial charge on any atom is -0.360 e. The van der Waals surface area contributed by atoms with Crippen LogP contribution in [-0.2, 0) is 0 Å². The Kier molecular flexibility index (Phi) is 4.75. The van der Waals surface area contributed by atoms with Crippen molar-refractivity contribution in [3.05, 3.63) is 65.4 Å². The van der Waals surface area contributed by atoms with Crippen LogP contribution in [0.1, 0.15) is 28.5 Å². The summed E-state index contributed by atoms with van der Waals surface area (Å²) in [5.41, 5.74) is 5.40. The molecule has 4 heteroatoms. The molecule has 1 aliphatic rings. The maximum Gasteiger partial charge on any atom is 0.222 e. The molecule has 2 heterocycles. The Balaban J connectivity index is 1.50. The third kappa shape index (κ3) is 3.37. The number of nitrogens with zero attached hydrogens (tertiary/aromatic N) is 1. The van der Waals surface area contributed by atoms with Gasteiger partial charge in [-0.3, -0.25) is 4.79 Å². The van der Waals surface area contributed by atoms with Crippen molar-refractivity contribution in [3.8, 4) is 0 Å². The molecule has 0 spiro atoms. The largest absolute Gasteiger partial charge is 0.360 e. The van der Waals surface area contributed by atoms with E-state index < -0.39 is 0 Å². The van der Waals surface area contributed by atoms with E-state index in [4.69, 9.17) is 0 Å². The average Bonchev–Trinajstić information content (AvgIpc) is 3.02. The predicted octanol–water partition coefficient (Wildman–Crippen LogP) is 2.76. The number of aromatic amines is 1. The van der Waals surface area contributed by atoms with Gasteiger partial charge in [0, 0.05) is 22.3 Å². The molecule has 1 fully saturated rings. The molecule has 1 saturated heterocycles. The van der Waals surface area contributed by atoms with Gasteiger partial charge in [0.15, 0.2) is 0 Å². The van der Waals surface area contributed by atoms with E-state index in [9.17, 15) is 4.79 Å². The van der Waals surface area contributed by atoms with Crippen molar-refractivity contribution < 1.29 is 9.69 Å². The molecule has 1 aliphatic heterocycles. The number of hydrogen-bond acceptors (Lipinski definition) is 2. The van der Waals surface area contributed by atoms with Crippen LogP contribution in [0.15, 0.2) is 48.5 Å². The number of quaternary nitrogens is 1. The summed E-state index contributed by atoms with van der Waals surface area (Å²) in [5, 5.41) is 1.05. The smallest absolute Gasteiger partial charge is 0.222 e. The van der Waals surface area contributed by atoms with Crippen LogP contribution in [0.2, 0.25) is 0 Å². The fraction of sp³-hybridized carbons (Fsp3) is 0.348. The number of fused-ring (bicyclic) bond motifs is 1. The molecule has 1 atom stereocenters. The molecule has 140 valence electrons. The molecule has 3 aromatic rings. The Labute approximate surface area is 160 Å². The van der Waals surface area contributed by atoms with Gasteiger partial charge in [-0.1, -0.05) is 30.3 Å². The van der Waals surface area contributed by atoms with E-state index in [-0.39, 0.29) is 11.8 Å². The molecule has 2 N–H and O–H groups in total. The fourth-order valence-electron chi connectivity index (χ4n) is 4.29. The molecule has 0 aliphatic carbocycles. The summed E-state index contributed by atoms with van der Waals surface area (Å²) < 4.78 is 0. The number of rotatable bonds is 4. The van der Waals surface area contributed by atoms with Crippen LogP contribution in [0.3, 0.4) is 0 Å². The number of Topliss-reactive ketones (excluding diaryl/α,β-unsaturated/α-hetero) is 1. The molecule has 0 radical (unpaired) electrons. The monoisotopic (exact) mass is 362 g/mol. The van der Waals surface area contributed by atoms with E-state index in [1.807, 2.05) is 6.92 Å². The van der Waals surface area contributed by atoms with Crippen LogP contribution in [0.25, 0.3) is 10.9 Å². The number of piperazine rings is 1. The number of aromatic nitrogens is 1. The maximum absolute atomic E-state index is 13.3. The zero-order chi connectivity index (χ0) is 19.0. The Morgan fingerprint density at radius 3 is 2.48 bits per heavy atom. The Hall–Kier alpha value is -2.59. The first-order valence-electron chi connectivity index (χ1n) is 9.82. The standard InChI is InChI=1S/C23H27N3O/c1-16-9-10-20-21(15-16)24-17(2)22(20)23(27)18(3)25-11-13-26(14-12-25)19-7-5-4-6-8-19/h4-10,15,18,24H,11-14H2,1-3H3/p+1/t18-/m1/s1. The zero-order valence-electron chi connectivity index (χ0n) is 16.4. The number of carbonyl (C=O) groups is 1. The number of carbonyl (C=O) groups excluding carboxylic acids is 1. The molecule has 0 saturated carbocycles. The van der Waals surface area contributed by atoms with Crippen LogP contribution < -0.4 is 9.80 Å². The lowest BCUT2D eigenvalue weighted by Crippen LogP contribution is -3.18. The van der Waals surface area contributed by atoms with E-state index >= 15 is 0 Å². The Morgan fingerprint density at radius 1 is 1.07 bits per heavy atom. The maximum atomic E-state index is 13.3. The summed E-state index contributed by atoms with van der Waals surface area (Å²) in [6, 6.07) is 16.8. The summed E-state index contributed by atoms with van der Waals surface area (Å²) in [6.45, 7) is 10.1. The predicted molar refractivity (Wildman–Crippen MR) is 111 cm³/mol. The normalized spacial score (nSPS) is 16.6. The van der Waals surface area contributed by atoms with Crippen LogP contribution in [0, 0.1) is 13.8 Å². The number of H-pyrrole nitrogens is 1. The topological polar surface area (TPSA) is 40.5 Å². The van der Waals surface area contributed by atoms with Crippen LogP contribution in [0.5, 0.6) is 0 Å². The van der Waals surface area contributed by atoms with Gasteiger partial charge in [0.25, 0.3) is 0 Å². The quantitative estimate of drug-likeness (QED) is 0.701. The van der Waals surface area contributed by atoms with Crippen molar-refractivity contribution in [2.45, 2.75) is 26.8 Å². The third-order valence-electron chi connectivity index (χ3n) is 5.92. The molecule has 1 aromatic heterocycles. The first-order valence-corrected chi connectivity index (χ1v) is 9.82. The van der Waals surface area contributed by atoms with Crippen LogP contribution >= 0.6 is 0 Å². The van der Waals surface area contributed by atoms with E-state index in [1.165, 1.54) is 16.2 Å².